The summed E-state index contributed by atoms with van der Waals surface area (Å²) in [7, 11) is 0. The van der Waals surface area contributed by atoms with Gasteiger partial charge in [-0.05, 0) is 30.2 Å². The maximum Gasteiger partial charge on any atom is 0.237 e. The summed E-state index contributed by atoms with van der Waals surface area (Å²) >= 11 is 1.19. The maximum absolute atomic E-state index is 13.9. The Morgan fingerprint density at radius 2 is 1.92 bits per heavy atom. The molecule has 2 aromatic carbocycles. The summed E-state index contributed by atoms with van der Waals surface area (Å²) in [6.45, 7) is 0.675. The van der Waals surface area contributed by atoms with Crippen molar-refractivity contribution in [2.75, 3.05) is 23.0 Å². The van der Waals surface area contributed by atoms with Crippen LogP contribution in [0.2, 0.25) is 0 Å². The maximum atomic E-state index is 13.9. The van der Waals surface area contributed by atoms with E-state index in [-0.39, 0.29) is 23.0 Å². The zero-order chi connectivity index (χ0) is 18.1. The Bertz CT molecular complexity index is 974. The second kappa shape index (κ2) is 6.80. The Labute approximate surface area is 153 Å². The Morgan fingerprint density at radius 3 is 2.77 bits per heavy atom. The first-order valence-electron chi connectivity index (χ1n) is 8.11. The predicted octanol–water partition coefficient (Wildman–Crippen LogP) is 2.48. The Morgan fingerprint density at radius 1 is 1.15 bits per heavy atom. The quantitative estimate of drug-likeness (QED) is 0.565. The number of halogens is 1. The molecule has 0 fully saturated rings. The number of carbonyl (C=O) groups excluding carboxylic acids is 1. The average Bonchev–Trinajstić information content (AvgIpc) is 3.24. The van der Waals surface area contributed by atoms with Crippen LogP contribution in [-0.2, 0) is 11.2 Å². The molecule has 8 heteroatoms. The number of rotatable bonds is 4. The molecule has 26 heavy (non-hydrogen) atoms. The fourth-order valence-corrected chi connectivity index (χ4v) is 3.74. The van der Waals surface area contributed by atoms with Crippen molar-refractivity contribution in [3.63, 3.8) is 0 Å². The number of hydrogen-bond acceptors (Lipinski definition) is 5. The molecule has 0 spiro atoms. The molecule has 0 saturated carbocycles. The highest BCUT2D eigenvalue weighted by Gasteiger charge is 2.25. The van der Waals surface area contributed by atoms with Gasteiger partial charge in [0.05, 0.1) is 11.3 Å². The molecule has 1 amide bonds. The standard InChI is InChI=1S/C18H16FN5OS/c19-14-7-3-2-6-13(14)17-21-22-18(24(17)20)26-11-16(25)23-10-9-12-5-1-4-8-15(12)23/h1-8H,9-11,20H2. The number of para-hydroxylation sites is 1. The monoisotopic (exact) mass is 369 g/mol. The van der Waals surface area contributed by atoms with Crippen molar-refractivity contribution in [3.05, 3.63) is 59.9 Å². The smallest absolute Gasteiger partial charge is 0.237 e. The highest BCUT2D eigenvalue weighted by Crippen LogP contribution is 2.29. The van der Waals surface area contributed by atoms with E-state index in [4.69, 9.17) is 5.84 Å². The van der Waals surface area contributed by atoms with Crippen molar-refractivity contribution < 1.29 is 9.18 Å². The summed E-state index contributed by atoms with van der Waals surface area (Å²) in [5, 5.41) is 8.31. The van der Waals surface area contributed by atoms with Crippen molar-refractivity contribution in [1.82, 2.24) is 14.9 Å². The minimum absolute atomic E-state index is 0.0182. The van der Waals surface area contributed by atoms with Crippen molar-refractivity contribution in [2.45, 2.75) is 11.6 Å². The molecule has 1 aliphatic heterocycles. The molecule has 2 N–H and O–H groups in total. The molecule has 1 aliphatic rings. The zero-order valence-electron chi connectivity index (χ0n) is 13.8. The lowest BCUT2D eigenvalue weighted by atomic mass is 10.2. The molecule has 4 rings (SSSR count). The van der Waals surface area contributed by atoms with Crippen molar-refractivity contribution in [3.8, 4) is 11.4 Å². The third-order valence-electron chi connectivity index (χ3n) is 4.29. The van der Waals surface area contributed by atoms with Crippen LogP contribution < -0.4 is 10.7 Å². The van der Waals surface area contributed by atoms with Gasteiger partial charge in [0.15, 0.2) is 5.82 Å². The number of nitrogens with zero attached hydrogens (tertiary/aromatic N) is 4. The van der Waals surface area contributed by atoms with Crippen LogP contribution in [0.5, 0.6) is 0 Å². The second-order valence-corrected chi connectivity index (χ2v) is 6.81. The summed E-state index contributed by atoms with van der Waals surface area (Å²) in [5.74, 6) is 5.97. The number of fused-ring (bicyclic) bond motifs is 1. The number of carbonyl (C=O) groups is 1. The third-order valence-corrected chi connectivity index (χ3v) is 5.22. The van der Waals surface area contributed by atoms with Crippen LogP contribution in [0.1, 0.15) is 5.56 Å². The summed E-state index contributed by atoms with van der Waals surface area (Å²) in [4.78, 5) is 14.3. The van der Waals surface area contributed by atoms with Gasteiger partial charge in [-0.15, -0.1) is 10.2 Å². The second-order valence-electron chi connectivity index (χ2n) is 5.87. The molecule has 6 nitrogen and oxygen atoms in total. The van der Waals surface area contributed by atoms with E-state index in [0.29, 0.717) is 11.7 Å². The normalized spacial score (nSPS) is 13.0. The van der Waals surface area contributed by atoms with Gasteiger partial charge in [0.25, 0.3) is 0 Å². The van der Waals surface area contributed by atoms with Gasteiger partial charge in [-0.3, -0.25) is 4.79 Å². The van der Waals surface area contributed by atoms with Gasteiger partial charge in [0, 0.05) is 12.2 Å². The van der Waals surface area contributed by atoms with Crippen LogP contribution in [-0.4, -0.2) is 33.1 Å². The van der Waals surface area contributed by atoms with Gasteiger partial charge >= 0.3 is 0 Å². The van der Waals surface area contributed by atoms with E-state index in [9.17, 15) is 9.18 Å². The Hall–Kier alpha value is -2.87. The fourth-order valence-electron chi connectivity index (χ4n) is 3.00. The number of aromatic nitrogens is 3. The van der Waals surface area contributed by atoms with Crippen LogP contribution in [0, 0.1) is 5.82 Å². The molecule has 132 valence electrons. The van der Waals surface area contributed by atoms with Crippen molar-refractivity contribution in [1.29, 1.82) is 0 Å². The molecule has 1 aromatic heterocycles. The minimum atomic E-state index is -0.423. The topological polar surface area (TPSA) is 77.0 Å². The van der Waals surface area contributed by atoms with E-state index >= 15 is 0 Å². The van der Waals surface area contributed by atoms with Crippen molar-refractivity contribution in [2.24, 2.45) is 0 Å². The van der Waals surface area contributed by atoms with E-state index in [1.807, 2.05) is 24.3 Å². The first-order valence-corrected chi connectivity index (χ1v) is 9.10. The lowest BCUT2D eigenvalue weighted by Gasteiger charge is -2.16. The van der Waals surface area contributed by atoms with Gasteiger partial charge in [-0.1, -0.05) is 42.1 Å². The van der Waals surface area contributed by atoms with E-state index in [1.165, 1.54) is 28.1 Å². The zero-order valence-corrected chi connectivity index (χ0v) is 14.6. The highest BCUT2D eigenvalue weighted by molar-refractivity contribution is 7.99. The van der Waals surface area contributed by atoms with Crippen LogP contribution in [0.25, 0.3) is 11.4 Å². The number of nitrogens with two attached hydrogens (primary N) is 1. The number of benzene rings is 2. The number of anilines is 1. The molecule has 0 radical (unpaired) electrons. The summed E-state index contributed by atoms with van der Waals surface area (Å²) < 4.78 is 15.1. The first kappa shape index (κ1) is 16.6. The summed E-state index contributed by atoms with van der Waals surface area (Å²) in [6.07, 6.45) is 0.858. The molecule has 2 heterocycles. The van der Waals surface area contributed by atoms with E-state index in [1.54, 1.807) is 23.1 Å². The Balaban J connectivity index is 1.48. The molecule has 0 aliphatic carbocycles. The molecular formula is C18H16FN5OS. The summed E-state index contributed by atoms with van der Waals surface area (Å²) in [6, 6.07) is 14.1. The molecule has 0 unspecified atom stereocenters. The first-order chi connectivity index (χ1) is 12.6. The summed E-state index contributed by atoms with van der Waals surface area (Å²) in [5.41, 5.74) is 2.41. The van der Waals surface area contributed by atoms with Gasteiger partial charge in [-0.25, -0.2) is 9.07 Å². The SMILES string of the molecule is Nn1c(SCC(=O)N2CCc3ccccc32)nnc1-c1ccccc1F. The number of thioether (sulfide) groups is 1. The average molecular weight is 369 g/mol. The van der Waals surface area contributed by atoms with Gasteiger partial charge in [0.1, 0.15) is 5.82 Å². The fraction of sp³-hybridized carbons (Fsp3) is 0.167. The number of hydrogen-bond donors (Lipinski definition) is 1. The van der Waals surface area contributed by atoms with Crippen molar-refractivity contribution >= 4 is 23.4 Å². The number of amides is 1. The van der Waals surface area contributed by atoms with Gasteiger partial charge in [0.2, 0.25) is 11.1 Å². The van der Waals surface area contributed by atoms with Crippen LogP contribution in [0.4, 0.5) is 10.1 Å². The van der Waals surface area contributed by atoms with E-state index in [0.717, 1.165) is 12.1 Å². The largest absolute Gasteiger partial charge is 0.335 e. The highest BCUT2D eigenvalue weighted by atomic mass is 32.2. The molecule has 3 aromatic rings. The third kappa shape index (κ3) is 2.92. The Kier molecular flexibility index (Phi) is 4.34. The molecule has 0 atom stereocenters. The minimum Gasteiger partial charge on any atom is -0.335 e. The lowest BCUT2D eigenvalue weighted by molar-refractivity contribution is -0.116. The predicted molar refractivity (Wildman–Crippen MR) is 98.8 cm³/mol. The lowest BCUT2D eigenvalue weighted by Crippen LogP contribution is -2.30. The molecular weight excluding hydrogens is 353 g/mol. The number of nitrogen functional groups attached to an aromatic ring is 1. The molecule has 0 saturated heterocycles. The van der Waals surface area contributed by atoms with Crippen LogP contribution in [0.3, 0.4) is 0 Å². The van der Waals surface area contributed by atoms with E-state index in [2.05, 4.69) is 10.2 Å². The van der Waals surface area contributed by atoms with Crippen LogP contribution >= 0.6 is 11.8 Å². The van der Waals surface area contributed by atoms with Gasteiger partial charge in [-0.2, -0.15) is 0 Å². The van der Waals surface area contributed by atoms with Gasteiger partial charge < -0.3 is 10.7 Å². The van der Waals surface area contributed by atoms with Crippen LogP contribution in [0.15, 0.2) is 53.7 Å². The molecule has 0 bridgehead atoms. The van der Waals surface area contributed by atoms with E-state index < -0.39 is 5.82 Å².